The van der Waals surface area contributed by atoms with Gasteiger partial charge in [0.2, 0.25) is 11.8 Å². The quantitative estimate of drug-likeness (QED) is 0.617. The molecule has 0 aliphatic heterocycles. The summed E-state index contributed by atoms with van der Waals surface area (Å²) in [5, 5.41) is 13.8. The largest absolute Gasteiger partial charge is 0.378 e. The van der Waals surface area contributed by atoms with Gasteiger partial charge in [-0.25, -0.2) is 4.98 Å². The zero-order chi connectivity index (χ0) is 16.1. The Morgan fingerprint density at radius 2 is 2.05 bits per heavy atom. The van der Waals surface area contributed by atoms with Crippen molar-refractivity contribution in [2.24, 2.45) is 0 Å². The van der Waals surface area contributed by atoms with E-state index in [4.69, 9.17) is 5.73 Å². The number of nitro groups is 1. The van der Waals surface area contributed by atoms with Gasteiger partial charge in [-0.1, -0.05) is 30.3 Å². The number of hydrogen-bond acceptors (Lipinski definition) is 7. The summed E-state index contributed by atoms with van der Waals surface area (Å²) in [4.78, 5) is 20.0. The summed E-state index contributed by atoms with van der Waals surface area (Å²) in [5.74, 6) is 0.120. The number of rotatable bonds is 6. The van der Waals surface area contributed by atoms with Crippen LogP contribution in [0.3, 0.4) is 0 Å². The average molecular weight is 302 g/mol. The topological polar surface area (TPSA) is 110 Å². The third-order valence-corrected chi connectivity index (χ3v) is 3.26. The minimum atomic E-state index is -0.605. The molecule has 1 atom stereocenters. The van der Waals surface area contributed by atoms with Crippen LogP contribution in [-0.2, 0) is 0 Å². The molecule has 0 aliphatic carbocycles. The standard InChI is InChI=1S/C14H18N6O2/c1-19(2)11(10-6-4-3-5-7-10)8-16-14-17-9-12(20(21)22)13(15)18-14/h3-7,9,11H,8H2,1-2H3,(H3,15,16,17,18). The number of likely N-dealkylation sites (N-methyl/N-ethyl adjacent to an activating group) is 1. The summed E-state index contributed by atoms with van der Waals surface area (Å²) in [5.41, 5.74) is 6.41. The first-order valence-corrected chi connectivity index (χ1v) is 6.71. The Morgan fingerprint density at radius 3 is 2.59 bits per heavy atom. The lowest BCUT2D eigenvalue weighted by Crippen LogP contribution is -2.27. The van der Waals surface area contributed by atoms with E-state index < -0.39 is 4.92 Å². The average Bonchev–Trinajstić information content (AvgIpc) is 2.48. The zero-order valence-electron chi connectivity index (χ0n) is 12.4. The van der Waals surface area contributed by atoms with Gasteiger partial charge in [0, 0.05) is 6.54 Å². The van der Waals surface area contributed by atoms with Crippen LogP contribution in [0.2, 0.25) is 0 Å². The molecule has 0 saturated carbocycles. The van der Waals surface area contributed by atoms with Gasteiger partial charge in [0.1, 0.15) is 6.20 Å². The van der Waals surface area contributed by atoms with Crippen molar-refractivity contribution in [1.29, 1.82) is 0 Å². The van der Waals surface area contributed by atoms with Crippen LogP contribution in [0.1, 0.15) is 11.6 Å². The summed E-state index contributed by atoms with van der Waals surface area (Å²) < 4.78 is 0. The third kappa shape index (κ3) is 3.67. The fourth-order valence-corrected chi connectivity index (χ4v) is 2.08. The molecule has 1 aromatic carbocycles. The van der Waals surface area contributed by atoms with Gasteiger partial charge in [0.15, 0.2) is 0 Å². The van der Waals surface area contributed by atoms with Crippen molar-refractivity contribution in [3.05, 3.63) is 52.2 Å². The van der Waals surface area contributed by atoms with Crippen LogP contribution in [0, 0.1) is 10.1 Å². The van der Waals surface area contributed by atoms with Gasteiger partial charge in [-0.05, 0) is 19.7 Å². The molecule has 116 valence electrons. The van der Waals surface area contributed by atoms with Crippen molar-refractivity contribution < 1.29 is 4.92 Å². The maximum Gasteiger partial charge on any atom is 0.329 e. The smallest absolute Gasteiger partial charge is 0.329 e. The number of nitrogens with zero attached hydrogens (tertiary/aromatic N) is 4. The molecule has 22 heavy (non-hydrogen) atoms. The van der Waals surface area contributed by atoms with Crippen molar-refractivity contribution in [3.8, 4) is 0 Å². The van der Waals surface area contributed by atoms with Gasteiger partial charge in [-0.15, -0.1) is 0 Å². The van der Waals surface area contributed by atoms with Gasteiger partial charge in [0.05, 0.1) is 11.0 Å². The number of nitrogens with one attached hydrogen (secondary N) is 1. The molecule has 8 nitrogen and oxygen atoms in total. The van der Waals surface area contributed by atoms with Crippen LogP contribution in [0.15, 0.2) is 36.5 Å². The SMILES string of the molecule is CN(C)C(CNc1ncc([N+](=O)[O-])c(N)n1)c1ccccc1. The van der Waals surface area contributed by atoms with Gasteiger partial charge in [-0.3, -0.25) is 10.1 Å². The fraction of sp³-hybridized carbons (Fsp3) is 0.286. The van der Waals surface area contributed by atoms with Gasteiger partial charge < -0.3 is 16.0 Å². The first-order chi connectivity index (χ1) is 10.5. The van der Waals surface area contributed by atoms with E-state index in [1.807, 2.05) is 44.4 Å². The molecule has 2 aromatic rings. The highest BCUT2D eigenvalue weighted by Gasteiger charge is 2.17. The lowest BCUT2D eigenvalue weighted by molar-refractivity contribution is -0.384. The molecule has 1 unspecified atom stereocenters. The molecule has 0 spiro atoms. The van der Waals surface area contributed by atoms with Crippen molar-refractivity contribution in [1.82, 2.24) is 14.9 Å². The van der Waals surface area contributed by atoms with E-state index in [0.29, 0.717) is 6.54 Å². The van der Waals surface area contributed by atoms with E-state index in [1.165, 1.54) is 0 Å². The lowest BCUT2D eigenvalue weighted by atomic mass is 10.1. The molecule has 0 radical (unpaired) electrons. The molecule has 3 N–H and O–H groups in total. The Hall–Kier alpha value is -2.74. The van der Waals surface area contributed by atoms with E-state index in [9.17, 15) is 10.1 Å². The summed E-state index contributed by atoms with van der Waals surface area (Å²) in [7, 11) is 3.95. The molecule has 0 amide bonds. The number of nitrogen functional groups attached to an aromatic ring is 1. The Bertz CT molecular complexity index is 647. The molecule has 0 aliphatic rings. The summed E-state index contributed by atoms with van der Waals surface area (Å²) in [6, 6.07) is 10.1. The van der Waals surface area contributed by atoms with Crippen molar-refractivity contribution in [2.45, 2.75) is 6.04 Å². The van der Waals surface area contributed by atoms with E-state index in [-0.39, 0.29) is 23.5 Å². The molecular weight excluding hydrogens is 284 g/mol. The first kappa shape index (κ1) is 15.6. The summed E-state index contributed by atoms with van der Waals surface area (Å²) in [6.07, 6.45) is 1.11. The highest BCUT2D eigenvalue weighted by molar-refractivity contribution is 5.53. The number of anilines is 2. The predicted octanol–water partition coefficient (Wildman–Crippen LogP) is 1.68. The number of benzene rings is 1. The Labute approximate surface area is 128 Å². The summed E-state index contributed by atoms with van der Waals surface area (Å²) >= 11 is 0. The second-order valence-electron chi connectivity index (χ2n) is 4.99. The van der Waals surface area contributed by atoms with Crippen LogP contribution in [0.4, 0.5) is 17.5 Å². The van der Waals surface area contributed by atoms with Gasteiger partial charge in [-0.2, -0.15) is 4.98 Å². The van der Waals surface area contributed by atoms with Gasteiger partial charge in [0.25, 0.3) is 0 Å². The van der Waals surface area contributed by atoms with Crippen molar-refractivity contribution in [3.63, 3.8) is 0 Å². The molecule has 0 bridgehead atoms. The second kappa shape index (κ2) is 6.81. The van der Waals surface area contributed by atoms with E-state index in [2.05, 4.69) is 20.2 Å². The highest BCUT2D eigenvalue weighted by atomic mass is 16.6. The monoisotopic (exact) mass is 302 g/mol. The zero-order valence-corrected chi connectivity index (χ0v) is 12.4. The summed E-state index contributed by atoms with van der Waals surface area (Å²) in [6.45, 7) is 0.550. The van der Waals surface area contributed by atoms with Crippen LogP contribution in [0.5, 0.6) is 0 Å². The van der Waals surface area contributed by atoms with Crippen molar-refractivity contribution >= 4 is 17.5 Å². The minimum Gasteiger partial charge on any atom is -0.378 e. The van der Waals surface area contributed by atoms with Crippen LogP contribution in [-0.4, -0.2) is 40.4 Å². The molecule has 0 fully saturated rings. The lowest BCUT2D eigenvalue weighted by Gasteiger charge is -2.25. The molecule has 0 saturated heterocycles. The first-order valence-electron chi connectivity index (χ1n) is 6.71. The number of aromatic nitrogens is 2. The fourth-order valence-electron chi connectivity index (χ4n) is 2.08. The second-order valence-corrected chi connectivity index (χ2v) is 4.99. The molecule has 2 rings (SSSR count). The van der Waals surface area contributed by atoms with E-state index in [0.717, 1.165) is 11.8 Å². The maximum absolute atomic E-state index is 10.7. The number of nitrogens with two attached hydrogens (primary N) is 1. The van der Waals surface area contributed by atoms with E-state index >= 15 is 0 Å². The predicted molar refractivity (Wildman–Crippen MR) is 84.5 cm³/mol. The van der Waals surface area contributed by atoms with E-state index in [1.54, 1.807) is 0 Å². The molecule has 8 heteroatoms. The molecule has 1 aromatic heterocycles. The molecular formula is C14H18N6O2. The Kier molecular flexibility index (Phi) is 4.84. The number of hydrogen-bond donors (Lipinski definition) is 2. The maximum atomic E-state index is 10.7. The highest BCUT2D eigenvalue weighted by Crippen LogP contribution is 2.20. The normalized spacial score (nSPS) is 12.1. The Balaban J connectivity index is 2.10. The minimum absolute atomic E-state index is 0.112. The van der Waals surface area contributed by atoms with Crippen LogP contribution >= 0.6 is 0 Å². The third-order valence-electron chi connectivity index (χ3n) is 3.26. The van der Waals surface area contributed by atoms with Crippen LogP contribution in [0.25, 0.3) is 0 Å². The Morgan fingerprint density at radius 1 is 1.36 bits per heavy atom. The van der Waals surface area contributed by atoms with Crippen molar-refractivity contribution in [2.75, 3.05) is 31.7 Å². The molecule has 1 heterocycles. The van der Waals surface area contributed by atoms with Gasteiger partial charge >= 0.3 is 5.69 Å². The van der Waals surface area contributed by atoms with Crippen LogP contribution < -0.4 is 11.1 Å².